The van der Waals surface area contributed by atoms with Crippen LogP contribution in [-0.2, 0) is 0 Å². The molecule has 0 saturated carbocycles. The molecule has 0 saturated heterocycles. The van der Waals surface area contributed by atoms with E-state index in [-0.39, 0.29) is 17.1 Å². The molecule has 0 fully saturated rings. The van der Waals surface area contributed by atoms with E-state index in [1.807, 2.05) is 48.5 Å². The number of rotatable bonds is 6. The van der Waals surface area contributed by atoms with Crippen molar-refractivity contribution in [2.45, 2.75) is 25.8 Å². The maximum atomic E-state index is 13.7. The largest absolute Gasteiger partial charge is 0.494 e. The molecule has 0 radical (unpaired) electrons. The molecule has 0 spiro atoms. The molecule has 1 aliphatic rings. The van der Waals surface area contributed by atoms with Gasteiger partial charge in [0.25, 0.3) is 5.91 Å². The maximum Gasteiger partial charge on any atom is 0.295 e. The summed E-state index contributed by atoms with van der Waals surface area (Å²) in [5.74, 6) is 0.495. The molecular weight excluding hydrogens is 562 g/mol. The Kier molecular flexibility index (Phi) is 6.32. The highest BCUT2D eigenvalue weighted by molar-refractivity contribution is 9.10. The number of anilines is 1. The molecule has 1 aromatic heterocycles. The maximum absolute atomic E-state index is 13.7. The Balaban J connectivity index is 1.67. The smallest absolute Gasteiger partial charge is 0.295 e. The molecule has 5 nitrogen and oxygen atoms in total. The van der Waals surface area contributed by atoms with Crippen LogP contribution in [-0.4, -0.2) is 12.5 Å². The van der Waals surface area contributed by atoms with Gasteiger partial charge in [-0.1, -0.05) is 57.3 Å². The van der Waals surface area contributed by atoms with Gasteiger partial charge in [-0.3, -0.25) is 14.5 Å². The summed E-state index contributed by atoms with van der Waals surface area (Å²) in [6, 6.07) is 19.6. The summed E-state index contributed by atoms with van der Waals surface area (Å²) < 4.78 is 13.5. The molecule has 0 bridgehead atoms. The number of fused-ring (bicyclic) bond motifs is 2. The lowest BCUT2D eigenvalue weighted by Crippen LogP contribution is -2.29. The van der Waals surface area contributed by atoms with Crippen molar-refractivity contribution in [2.24, 2.45) is 0 Å². The van der Waals surface area contributed by atoms with Crippen LogP contribution in [0.1, 0.15) is 47.5 Å². The van der Waals surface area contributed by atoms with Gasteiger partial charge in [0.05, 0.1) is 23.6 Å². The van der Waals surface area contributed by atoms with Gasteiger partial charge in [0.2, 0.25) is 5.76 Å². The van der Waals surface area contributed by atoms with E-state index in [0.717, 1.165) is 33.1 Å². The number of halogens is 2. The summed E-state index contributed by atoms with van der Waals surface area (Å²) in [7, 11) is 0. The number of carbonyl (C=O) groups excluding carboxylic acids is 1. The molecule has 5 rings (SSSR count). The van der Waals surface area contributed by atoms with Crippen LogP contribution >= 0.6 is 31.9 Å². The molecule has 172 valence electrons. The average Bonchev–Trinajstić information content (AvgIpc) is 3.13. The lowest BCUT2D eigenvalue weighted by atomic mass is 9.98. The third kappa shape index (κ3) is 4.07. The van der Waals surface area contributed by atoms with E-state index in [1.54, 1.807) is 23.1 Å². The minimum Gasteiger partial charge on any atom is -0.494 e. The zero-order valence-electron chi connectivity index (χ0n) is 18.4. The monoisotopic (exact) mass is 581 g/mol. The fraction of sp³-hybridized carbons (Fsp3) is 0.185. The predicted molar refractivity (Wildman–Crippen MR) is 140 cm³/mol. The quantitative estimate of drug-likeness (QED) is 0.225. The van der Waals surface area contributed by atoms with Crippen LogP contribution < -0.4 is 15.1 Å². The average molecular weight is 583 g/mol. The summed E-state index contributed by atoms with van der Waals surface area (Å²) in [6.07, 6.45) is 2.04. The van der Waals surface area contributed by atoms with Gasteiger partial charge in [-0.2, -0.15) is 0 Å². The fourth-order valence-electron chi connectivity index (χ4n) is 4.21. The lowest BCUT2D eigenvalue weighted by molar-refractivity contribution is 0.0971. The summed E-state index contributed by atoms with van der Waals surface area (Å²) in [5, 5.41) is 0.433. The molecule has 2 heterocycles. The summed E-state index contributed by atoms with van der Waals surface area (Å²) in [5.41, 5.74) is 2.00. The molecule has 34 heavy (non-hydrogen) atoms. The van der Waals surface area contributed by atoms with Crippen LogP contribution in [0.2, 0.25) is 0 Å². The van der Waals surface area contributed by atoms with Gasteiger partial charge in [0, 0.05) is 14.6 Å². The van der Waals surface area contributed by atoms with Crippen molar-refractivity contribution in [3.63, 3.8) is 0 Å². The third-order valence-electron chi connectivity index (χ3n) is 5.90. The first-order chi connectivity index (χ1) is 16.5. The van der Waals surface area contributed by atoms with E-state index in [4.69, 9.17) is 9.15 Å². The Bertz CT molecular complexity index is 1430. The predicted octanol–water partition coefficient (Wildman–Crippen LogP) is 7.25. The standard InChI is InChI=1S/C27H21Br2NO4/c1-2-3-14-33-20-11-4-16(5-12-20)24-23-25(31)21-15-18(29)8-13-22(21)34-26(23)27(32)30(24)19-9-6-17(28)7-10-19/h4-13,15,24H,2-3,14H2,1H3. The number of hydrogen-bond acceptors (Lipinski definition) is 4. The number of amides is 1. The Morgan fingerprint density at radius 1 is 0.941 bits per heavy atom. The van der Waals surface area contributed by atoms with E-state index in [2.05, 4.69) is 38.8 Å². The summed E-state index contributed by atoms with van der Waals surface area (Å²) in [4.78, 5) is 28.9. The van der Waals surface area contributed by atoms with Crippen LogP contribution in [0.3, 0.4) is 0 Å². The number of unbranched alkanes of at least 4 members (excludes halogenated alkanes) is 1. The number of nitrogens with zero attached hydrogens (tertiary/aromatic N) is 1. The zero-order valence-corrected chi connectivity index (χ0v) is 21.6. The molecular formula is C27H21Br2NO4. The highest BCUT2D eigenvalue weighted by Gasteiger charge is 2.43. The second kappa shape index (κ2) is 9.39. The zero-order chi connectivity index (χ0) is 23.8. The minimum atomic E-state index is -0.618. The van der Waals surface area contributed by atoms with Crippen LogP contribution in [0.25, 0.3) is 11.0 Å². The van der Waals surface area contributed by atoms with E-state index < -0.39 is 6.04 Å². The Hall–Kier alpha value is -2.90. The van der Waals surface area contributed by atoms with E-state index >= 15 is 0 Å². The van der Waals surface area contributed by atoms with Gasteiger partial charge < -0.3 is 9.15 Å². The third-order valence-corrected chi connectivity index (χ3v) is 6.92. The number of benzene rings is 3. The van der Waals surface area contributed by atoms with Gasteiger partial charge in [-0.15, -0.1) is 0 Å². The van der Waals surface area contributed by atoms with Crippen molar-refractivity contribution < 1.29 is 13.9 Å². The molecule has 0 aliphatic carbocycles. The van der Waals surface area contributed by atoms with Gasteiger partial charge in [0.1, 0.15) is 11.3 Å². The first-order valence-electron chi connectivity index (χ1n) is 11.1. The molecule has 1 amide bonds. The van der Waals surface area contributed by atoms with Crippen LogP contribution in [0.4, 0.5) is 5.69 Å². The Labute approximate surface area is 213 Å². The first kappa shape index (κ1) is 22.9. The van der Waals surface area contributed by atoms with Crippen molar-refractivity contribution in [1.29, 1.82) is 0 Å². The highest BCUT2D eigenvalue weighted by Crippen LogP contribution is 2.42. The Morgan fingerprint density at radius 2 is 1.65 bits per heavy atom. The van der Waals surface area contributed by atoms with Crippen LogP contribution in [0, 0.1) is 0 Å². The topological polar surface area (TPSA) is 59.8 Å². The summed E-state index contributed by atoms with van der Waals surface area (Å²) in [6.45, 7) is 2.77. The number of ether oxygens (including phenoxy) is 1. The first-order valence-corrected chi connectivity index (χ1v) is 12.6. The summed E-state index contributed by atoms with van der Waals surface area (Å²) >= 11 is 6.88. The SMILES string of the molecule is CCCCOc1ccc(C2c3c(oc4ccc(Br)cc4c3=O)C(=O)N2c2ccc(Br)cc2)cc1. The van der Waals surface area contributed by atoms with E-state index in [0.29, 0.717) is 28.8 Å². The highest BCUT2D eigenvalue weighted by atomic mass is 79.9. The van der Waals surface area contributed by atoms with E-state index in [1.165, 1.54) is 0 Å². The minimum absolute atomic E-state index is 0.0796. The van der Waals surface area contributed by atoms with Crippen LogP contribution in [0.15, 0.2) is 84.9 Å². The number of carbonyl (C=O) groups is 1. The van der Waals surface area contributed by atoms with Crippen molar-refractivity contribution >= 4 is 54.4 Å². The van der Waals surface area contributed by atoms with Crippen molar-refractivity contribution in [3.05, 3.63) is 103 Å². The fourth-order valence-corrected chi connectivity index (χ4v) is 4.83. The van der Waals surface area contributed by atoms with Crippen molar-refractivity contribution in [3.8, 4) is 5.75 Å². The van der Waals surface area contributed by atoms with Crippen molar-refractivity contribution in [1.82, 2.24) is 0 Å². The second-order valence-electron chi connectivity index (χ2n) is 8.14. The van der Waals surface area contributed by atoms with Gasteiger partial charge in [-0.05, 0) is 66.6 Å². The van der Waals surface area contributed by atoms with Gasteiger partial charge in [0.15, 0.2) is 5.43 Å². The van der Waals surface area contributed by atoms with Crippen molar-refractivity contribution in [2.75, 3.05) is 11.5 Å². The molecule has 1 unspecified atom stereocenters. The molecule has 1 aliphatic heterocycles. The molecule has 7 heteroatoms. The van der Waals surface area contributed by atoms with Crippen LogP contribution in [0.5, 0.6) is 5.75 Å². The van der Waals surface area contributed by atoms with Gasteiger partial charge in [-0.25, -0.2) is 0 Å². The molecule has 1 atom stereocenters. The van der Waals surface area contributed by atoms with Gasteiger partial charge >= 0.3 is 0 Å². The van der Waals surface area contributed by atoms with E-state index in [9.17, 15) is 9.59 Å². The lowest BCUT2D eigenvalue weighted by Gasteiger charge is -2.25. The molecule has 3 aromatic carbocycles. The molecule has 0 N–H and O–H groups in total. The Morgan fingerprint density at radius 3 is 2.35 bits per heavy atom. The second-order valence-corrected chi connectivity index (χ2v) is 9.97. The normalized spacial score (nSPS) is 15.1. The molecule has 4 aromatic rings. The number of hydrogen-bond donors (Lipinski definition) is 0.